The summed E-state index contributed by atoms with van der Waals surface area (Å²) >= 11 is 5.70. The van der Waals surface area contributed by atoms with E-state index in [1.54, 1.807) is 4.90 Å². The van der Waals surface area contributed by atoms with Crippen LogP contribution in [-0.4, -0.2) is 48.5 Å². The molecule has 0 aliphatic carbocycles. The zero-order valence-electron chi connectivity index (χ0n) is 11.1. The first kappa shape index (κ1) is 16.2. The molecule has 1 saturated heterocycles. The first-order valence-electron chi connectivity index (χ1n) is 6.37. The highest BCUT2D eigenvalue weighted by Crippen LogP contribution is 2.22. The van der Waals surface area contributed by atoms with E-state index < -0.39 is 21.6 Å². The first-order chi connectivity index (χ1) is 9.77. The number of carbonyl (C=O) groups is 1. The lowest BCUT2D eigenvalue weighted by Gasteiger charge is -2.26. The Bertz CT molecular complexity index is 650. The van der Waals surface area contributed by atoms with Crippen LogP contribution in [0.15, 0.2) is 18.2 Å². The predicted molar refractivity (Wildman–Crippen MR) is 76.5 cm³/mol. The molecule has 1 unspecified atom stereocenters. The molecule has 1 aliphatic heterocycles. The highest BCUT2D eigenvalue weighted by Gasteiger charge is 2.33. The Labute approximate surface area is 127 Å². The lowest BCUT2D eigenvalue weighted by atomic mass is 10.1. The van der Waals surface area contributed by atoms with Crippen LogP contribution < -0.4 is 0 Å². The molecule has 0 saturated carbocycles. The van der Waals surface area contributed by atoms with Crippen molar-refractivity contribution in [1.29, 1.82) is 0 Å². The number of rotatable bonds is 5. The van der Waals surface area contributed by atoms with Crippen molar-refractivity contribution in [2.24, 2.45) is 0 Å². The Morgan fingerprint density at radius 1 is 1.48 bits per heavy atom. The Kier molecular flexibility index (Phi) is 4.85. The fourth-order valence-electron chi connectivity index (χ4n) is 2.42. The average Bonchev–Trinajstić information content (AvgIpc) is 2.73. The number of halogens is 2. The van der Waals surface area contributed by atoms with Crippen molar-refractivity contribution >= 4 is 27.4 Å². The zero-order chi connectivity index (χ0) is 15.6. The lowest BCUT2D eigenvalue weighted by Crippen LogP contribution is -2.39. The van der Waals surface area contributed by atoms with E-state index in [1.165, 1.54) is 18.2 Å². The van der Waals surface area contributed by atoms with Crippen molar-refractivity contribution in [2.45, 2.75) is 19.0 Å². The summed E-state index contributed by atoms with van der Waals surface area (Å²) in [5.74, 6) is -1.56. The summed E-state index contributed by atoms with van der Waals surface area (Å²) in [6.45, 7) is -0.0539. The molecule has 1 atom stereocenters. The molecular formula is C13H15ClFNO4S. The molecule has 1 fully saturated rings. The van der Waals surface area contributed by atoms with Gasteiger partial charge in [-0.15, -0.1) is 0 Å². The van der Waals surface area contributed by atoms with Crippen LogP contribution >= 0.6 is 11.6 Å². The van der Waals surface area contributed by atoms with Crippen molar-refractivity contribution in [3.63, 3.8) is 0 Å². The number of sulfone groups is 1. The summed E-state index contributed by atoms with van der Waals surface area (Å²) in [6, 6.07) is 3.81. The Morgan fingerprint density at radius 2 is 2.19 bits per heavy atom. The summed E-state index contributed by atoms with van der Waals surface area (Å²) in [4.78, 5) is 12.5. The molecular weight excluding hydrogens is 321 g/mol. The smallest absolute Gasteiger partial charge is 0.317 e. The van der Waals surface area contributed by atoms with E-state index in [0.717, 1.165) is 0 Å². The second-order valence-corrected chi connectivity index (χ2v) is 7.74. The fourth-order valence-corrected chi connectivity index (χ4v) is 4.39. The third-order valence-electron chi connectivity index (χ3n) is 3.43. The molecule has 1 aliphatic rings. The number of nitrogens with zero attached hydrogens (tertiary/aromatic N) is 1. The van der Waals surface area contributed by atoms with Crippen LogP contribution in [0, 0.1) is 5.82 Å². The van der Waals surface area contributed by atoms with E-state index in [1.807, 2.05) is 0 Å². The molecule has 0 radical (unpaired) electrons. The van der Waals surface area contributed by atoms with Gasteiger partial charge in [0, 0.05) is 12.6 Å². The van der Waals surface area contributed by atoms with Crippen LogP contribution in [0.25, 0.3) is 0 Å². The van der Waals surface area contributed by atoms with Crippen molar-refractivity contribution in [1.82, 2.24) is 4.90 Å². The van der Waals surface area contributed by atoms with Gasteiger partial charge in [-0.25, -0.2) is 12.8 Å². The van der Waals surface area contributed by atoms with E-state index in [4.69, 9.17) is 16.7 Å². The van der Waals surface area contributed by atoms with E-state index >= 15 is 0 Å². The van der Waals surface area contributed by atoms with Crippen LogP contribution in [0.1, 0.15) is 12.0 Å². The summed E-state index contributed by atoms with van der Waals surface area (Å²) in [5.41, 5.74) is 0.645. The van der Waals surface area contributed by atoms with Gasteiger partial charge < -0.3 is 5.11 Å². The summed E-state index contributed by atoms with van der Waals surface area (Å²) in [6.07, 6.45) is 0.407. The minimum atomic E-state index is -3.10. The van der Waals surface area contributed by atoms with Crippen LogP contribution in [-0.2, 0) is 21.2 Å². The molecule has 1 heterocycles. The van der Waals surface area contributed by atoms with Gasteiger partial charge in [0.25, 0.3) is 0 Å². The van der Waals surface area contributed by atoms with Crippen LogP contribution in [0.4, 0.5) is 4.39 Å². The monoisotopic (exact) mass is 335 g/mol. The second kappa shape index (κ2) is 6.29. The van der Waals surface area contributed by atoms with Crippen LogP contribution in [0.5, 0.6) is 0 Å². The number of benzene rings is 1. The molecule has 21 heavy (non-hydrogen) atoms. The number of hydrogen-bond acceptors (Lipinski definition) is 4. The summed E-state index contributed by atoms with van der Waals surface area (Å²) in [5, 5.41) is 8.93. The maximum atomic E-state index is 13.1. The molecule has 0 aromatic heterocycles. The summed E-state index contributed by atoms with van der Waals surface area (Å²) < 4.78 is 36.2. The minimum Gasteiger partial charge on any atom is -0.480 e. The molecule has 1 aromatic rings. The molecule has 8 heteroatoms. The van der Waals surface area contributed by atoms with Crippen molar-refractivity contribution in [2.75, 3.05) is 18.1 Å². The van der Waals surface area contributed by atoms with Gasteiger partial charge in [-0.05, 0) is 24.1 Å². The maximum absolute atomic E-state index is 13.1. The molecule has 5 nitrogen and oxygen atoms in total. The fraction of sp³-hybridized carbons (Fsp3) is 0.462. The van der Waals surface area contributed by atoms with Gasteiger partial charge in [0.05, 0.1) is 23.1 Å². The number of carboxylic acid groups (broad SMARTS) is 1. The van der Waals surface area contributed by atoms with Gasteiger partial charge in [0.2, 0.25) is 0 Å². The zero-order valence-corrected chi connectivity index (χ0v) is 12.7. The quantitative estimate of drug-likeness (QED) is 0.883. The SMILES string of the molecule is O=C(O)CN(Cc1ccc(F)c(Cl)c1)C1CCS(=O)(=O)C1. The van der Waals surface area contributed by atoms with E-state index in [9.17, 15) is 17.6 Å². The number of carboxylic acids is 1. The van der Waals surface area contributed by atoms with Gasteiger partial charge in [-0.3, -0.25) is 9.69 Å². The normalized spacial score (nSPS) is 20.8. The third-order valence-corrected chi connectivity index (χ3v) is 5.47. The maximum Gasteiger partial charge on any atom is 0.317 e. The van der Waals surface area contributed by atoms with Gasteiger partial charge in [0.15, 0.2) is 9.84 Å². The molecule has 1 N–H and O–H groups in total. The Hall–Kier alpha value is -1.18. The van der Waals surface area contributed by atoms with E-state index in [2.05, 4.69) is 0 Å². The largest absolute Gasteiger partial charge is 0.480 e. The number of aliphatic carboxylic acids is 1. The van der Waals surface area contributed by atoms with Crippen molar-refractivity contribution in [3.05, 3.63) is 34.6 Å². The molecule has 0 amide bonds. The predicted octanol–water partition coefficient (Wildman–Crippen LogP) is 1.55. The van der Waals surface area contributed by atoms with Gasteiger partial charge in [0.1, 0.15) is 5.82 Å². The third kappa shape index (κ3) is 4.39. The standard InChI is InChI=1S/C13H15ClFNO4S/c14-11-5-9(1-2-12(11)15)6-16(7-13(17)18)10-3-4-21(19,20)8-10/h1-2,5,10H,3-4,6-8H2,(H,17,18). The molecule has 2 rings (SSSR count). The van der Waals surface area contributed by atoms with Crippen LogP contribution in [0.3, 0.4) is 0 Å². The molecule has 0 spiro atoms. The minimum absolute atomic E-state index is 0.0400. The van der Waals surface area contributed by atoms with Gasteiger partial charge >= 0.3 is 5.97 Å². The Morgan fingerprint density at radius 3 is 2.71 bits per heavy atom. The van der Waals surface area contributed by atoms with Gasteiger partial charge in [-0.1, -0.05) is 17.7 Å². The van der Waals surface area contributed by atoms with Gasteiger partial charge in [-0.2, -0.15) is 0 Å². The highest BCUT2D eigenvalue weighted by molar-refractivity contribution is 7.91. The topological polar surface area (TPSA) is 74.7 Å². The van der Waals surface area contributed by atoms with E-state index in [0.29, 0.717) is 12.0 Å². The Balaban J connectivity index is 2.16. The molecule has 116 valence electrons. The second-order valence-electron chi connectivity index (χ2n) is 5.10. The summed E-state index contributed by atoms with van der Waals surface area (Å²) in [7, 11) is -3.10. The van der Waals surface area contributed by atoms with E-state index in [-0.39, 0.29) is 35.7 Å². The first-order valence-corrected chi connectivity index (χ1v) is 8.57. The highest BCUT2D eigenvalue weighted by atomic mass is 35.5. The molecule has 0 bridgehead atoms. The van der Waals surface area contributed by atoms with Crippen LogP contribution in [0.2, 0.25) is 5.02 Å². The average molecular weight is 336 g/mol. The molecule has 1 aromatic carbocycles. The van der Waals surface area contributed by atoms with Crippen molar-refractivity contribution < 1.29 is 22.7 Å². The number of hydrogen-bond donors (Lipinski definition) is 1. The lowest BCUT2D eigenvalue weighted by molar-refractivity contribution is -0.139. The van der Waals surface area contributed by atoms with Crippen molar-refractivity contribution in [3.8, 4) is 0 Å².